The number of benzene rings is 1. The van der Waals surface area contributed by atoms with Crippen molar-refractivity contribution in [1.29, 1.82) is 0 Å². The normalized spacial score (nSPS) is 11.0. The molecule has 3 rings (SSSR count). The summed E-state index contributed by atoms with van der Waals surface area (Å²) in [5.41, 5.74) is 5.14. The Kier molecular flexibility index (Phi) is 4.64. The van der Waals surface area contributed by atoms with Crippen molar-refractivity contribution >= 4 is 16.5 Å². The summed E-state index contributed by atoms with van der Waals surface area (Å²) in [6.07, 6.45) is 7.13. The fourth-order valence-corrected chi connectivity index (χ4v) is 2.45. The zero-order chi connectivity index (χ0) is 16.9. The van der Waals surface area contributed by atoms with Gasteiger partial charge in [-0.15, -0.1) is 0 Å². The van der Waals surface area contributed by atoms with E-state index in [2.05, 4.69) is 24.2 Å². The molecule has 0 aliphatic carbocycles. The van der Waals surface area contributed by atoms with E-state index < -0.39 is 0 Å². The van der Waals surface area contributed by atoms with Crippen molar-refractivity contribution in [2.24, 2.45) is 0 Å². The van der Waals surface area contributed by atoms with E-state index in [1.54, 1.807) is 12.3 Å². The lowest BCUT2D eigenvalue weighted by molar-refractivity contribution is 0.335. The first-order chi connectivity index (χ1) is 11.7. The van der Waals surface area contributed by atoms with Crippen molar-refractivity contribution in [3.63, 3.8) is 0 Å². The van der Waals surface area contributed by atoms with Crippen LogP contribution in [0.2, 0.25) is 0 Å². The molecule has 0 radical (unpaired) electrons. The summed E-state index contributed by atoms with van der Waals surface area (Å²) in [4.78, 5) is 8.95. The zero-order valence-corrected chi connectivity index (χ0v) is 13.3. The molecular formula is C21H18N2O. The van der Waals surface area contributed by atoms with Gasteiger partial charge in [0.2, 0.25) is 0 Å². The van der Waals surface area contributed by atoms with Crippen LogP contribution in [-0.2, 0) is 0 Å². The Balaban J connectivity index is 2.15. The minimum atomic E-state index is -0.0772. The highest BCUT2D eigenvalue weighted by Crippen LogP contribution is 2.30. The Hall–Kier alpha value is -3.04. The van der Waals surface area contributed by atoms with Gasteiger partial charge in [-0.05, 0) is 28.8 Å². The Morgan fingerprint density at radius 2 is 1.88 bits per heavy atom. The summed E-state index contributed by atoms with van der Waals surface area (Å²) in [5, 5.41) is 10.1. The van der Waals surface area contributed by atoms with Crippen LogP contribution in [0, 0.1) is 0 Å². The van der Waals surface area contributed by atoms with E-state index in [0.717, 1.165) is 33.3 Å². The molecule has 2 heterocycles. The highest BCUT2D eigenvalue weighted by molar-refractivity contribution is 5.90. The summed E-state index contributed by atoms with van der Waals surface area (Å²) >= 11 is 0. The van der Waals surface area contributed by atoms with Crippen LogP contribution in [0.5, 0.6) is 0 Å². The number of fused-ring (bicyclic) bond motifs is 1. The number of hydrogen-bond acceptors (Lipinski definition) is 3. The summed E-state index contributed by atoms with van der Waals surface area (Å²) in [7, 11) is 0. The third-order valence-corrected chi connectivity index (χ3v) is 3.73. The minimum absolute atomic E-state index is 0.0772. The lowest BCUT2D eigenvalue weighted by Crippen LogP contribution is -1.94. The van der Waals surface area contributed by atoms with Crippen molar-refractivity contribution in [2.45, 2.75) is 0 Å². The van der Waals surface area contributed by atoms with E-state index in [1.807, 2.05) is 48.7 Å². The Labute approximate surface area is 141 Å². The minimum Gasteiger partial charge on any atom is -0.392 e. The fourth-order valence-electron chi connectivity index (χ4n) is 2.45. The Bertz CT molecular complexity index is 927. The molecule has 0 spiro atoms. The maximum Gasteiger partial charge on any atom is 0.0782 e. The largest absolute Gasteiger partial charge is 0.392 e. The van der Waals surface area contributed by atoms with Crippen LogP contribution in [0.3, 0.4) is 0 Å². The van der Waals surface area contributed by atoms with Gasteiger partial charge in [-0.1, -0.05) is 55.6 Å². The first-order valence-corrected chi connectivity index (χ1v) is 7.65. The van der Waals surface area contributed by atoms with Gasteiger partial charge < -0.3 is 5.11 Å². The topological polar surface area (TPSA) is 46.0 Å². The molecule has 3 heteroatoms. The van der Waals surface area contributed by atoms with Crippen LogP contribution in [0.1, 0.15) is 5.69 Å². The van der Waals surface area contributed by atoms with Crippen LogP contribution < -0.4 is 0 Å². The third kappa shape index (κ3) is 3.31. The maximum absolute atomic E-state index is 9.09. The molecule has 3 aromatic rings. The molecule has 0 saturated carbocycles. The quantitative estimate of drug-likeness (QED) is 0.709. The van der Waals surface area contributed by atoms with Gasteiger partial charge in [0.25, 0.3) is 0 Å². The Morgan fingerprint density at radius 1 is 1.08 bits per heavy atom. The fraction of sp³-hybridized carbons (Fsp3) is 0.0476. The van der Waals surface area contributed by atoms with E-state index in [-0.39, 0.29) is 6.61 Å². The first-order valence-electron chi connectivity index (χ1n) is 7.65. The van der Waals surface area contributed by atoms with Crippen LogP contribution in [0.25, 0.3) is 27.6 Å². The second-order valence-electron chi connectivity index (χ2n) is 5.49. The van der Waals surface area contributed by atoms with Gasteiger partial charge >= 0.3 is 0 Å². The lowest BCUT2D eigenvalue weighted by atomic mass is 9.98. The predicted octanol–water partition coefficient (Wildman–Crippen LogP) is 4.41. The van der Waals surface area contributed by atoms with Gasteiger partial charge in [0.05, 0.1) is 17.8 Å². The molecule has 24 heavy (non-hydrogen) atoms. The maximum atomic E-state index is 9.09. The molecule has 3 nitrogen and oxygen atoms in total. The van der Waals surface area contributed by atoms with E-state index in [4.69, 9.17) is 10.1 Å². The molecule has 0 bridgehead atoms. The number of aliphatic hydroxyl groups is 1. The summed E-state index contributed by atoms with van der Waals surface area (Å²) in [6, 6.07) is 14.0. The van der Waals surface area contributed by atoms with Gasteiger partial charge in [0, 0.05) is 23.3 Å². The highest BCUT2D eigenvalue weighted by atomic mass is 16.3. The number of nitrogens with zero attached hydrogens (tertiary/aromatic N) is 2. The van der Waals surface area contributed by atoms with Crippen molar-refractivity contribution < 1.29 is 5.11 Å². The standard InChI is InChI=1S/C21H18N2O/c1-15(14-24)8-9-16(2)21-19(17-6-4-3-5-7-17)12-18-13-22-11-10-20(18)23-21/h3-13,24H,1-2,14H2/b9-8-. The van der Waals surface area contributed by atoms with Gasteiger partial charge in [-0.3, -0.25) is 4.98 Å². The number of aliphatic hydroxyl groups excluding tert-OH is 1. The molecule has 0 fully saturated rings. The van der Waals surface area contributed by atoms with Crippen molar-refractivity contribution in [2.75, 3.05) is 6.61 Å². The van der Waals surface area contributed by atoms with Crippen molar-refractivity contribution in [3.8, 4) is 11.1 Å². The molecule has 0 saturated heterocycles. The van der Waals surface area contributed by atoms with Gasteiger partial charge in [0.15, 0.2) is 0 Å². The number of rotatable bonds is 5. The molecule has 0 aliphatic rings. The second-order valence-corrected chi connectivity index (χ2v) is 5.49. The van der Waals surface area contributed by atoms with Crippen LogP contribution in [-0.4, -0.2) is 21.7 Å². The first kappa shape index (κ1) is 15.8. The predicted molar refractivity (Wildman–Crippen MR) is 99.4 cm³/mol. The summed E-state index contributed by atoms with van der Waals surface area (Å²) in [6.45, 7) is 7.82. The average molecular weight is 314 g/mol. The smallest absolute Gasteiger partial charge is 0.0782 e. The van der Waals surface area contributed by atoms with Gasteiger partial charge in [-0.25, -0.2) is 4.98 Å². The zero-order valence-electron chi connectivity index (χ0n) is 13.3. The van der Waals surface area contributed by atoms with Crippen molar-refractivity contribution in [1.82, 2.24) is 9.97 Å². The average Bonchev–Trinajstić information content (AvgIpc) is 2.65. The summed E-state index contributed by atoms with van der Waals surface area (Å²) < 4.78 is 0. The number of allylic oxidation sites excluding steroid dienone is 2. The van der Waals surface area contributed by atoms with Gasteiger partial charge in [-0.2, -0.15) is 0 Å². The molecule has 0 aliphatic heterocycles. The number of hydrogen-bond donors (Lipinski definition) is 1. The van der Waals surface area contributed by atoms with Crippen LogP contribution in [0.15, 0.2) is 85.7 Å². The lowest BCUT2D eigenvalue weighted by Gasteiger charge is -2.11. The Morgan fingerprint density at radius 3 is 2.62 bits per heavy atom. The van der Waals surface area contributed by atoms with Crippen LogP contribution in [0.4, 0.5) is 0 Å². The molecule has 2 aromatic heterocycles. The molecule has 1 aromatic carbocycles. The highest BCUT2D eigenvalue weighted by Gasteiger charge is 2.10. The van der Waals surface area contributed by atoms with E-state index in [0.29, 0.717) is 5.57 Å². The van der Waals surface area contributed by atoms with E-state index in [9.17, 15) is 0 Å². The van der Waals surface area contributed by atoms with E-state index >= 15 is 0 Å². The van der Waals surface area contributed by atoms with Crippen molar-refractivity contribution in [3.05, 3.63) is 91.4 Å². The molecule has 1 N–H and O–H groups in total. The van der Waals surface area contributed by atoms with Crippen LogP contribution >= 0.6 is 0 Å². The summed E-state index contributed by atoms with van der Waals surface area (Å²) in [5.74, 6) is 0. The number of aromatic nitrogens is 2. The van der Waals surface area contributed by atoms with Gasteiger partial charge in [0.1, 0.15) is 0 Å². The molecular weight excluding hydrogens is 296 g/mol. The van der Waals surface area contributed by atoms with E-state index in [1.165, 1.54) is 0 Å². The monoisotopic (exact) mass is 314 g/mol. The molecule has 0 unspecified atom stereocenters. The molecule has 0 amide bonds. The second kappa shape index (κ2) is 7.02. The SMILES string of the molecule is C=C(/C=C\C(=C)c1nc2ccncc2cc1-c1ccccc1)CO. The molecule has 0 atom stereocenters. The molecule has 118 valence electrons. The third-order valence-electron chi connectivity index (χ3n) is 3.73. The number of pyridine rings is 2.